The Morgan fingerprint density at radius 2 is 2.07 bits per heavy atom. The van der Waals surface area contributed by atoms with Crippen LogP contribution in [0.15, 0.2) is 47.6 Å². The fraction of sp³-hybridized carbons (Fsp3) is 0.263. The lowest BCUT2D eigenvalue weighted by Gasteiger charge is -2.29. The summed E-state index contributed by atoms with van der Waals surface area (Å²) in [5.74, 6) is -1.01. The van der Waals surface area contributed by atoms with Crippen LogP contribution in [-0.2, 0) is 9.53 Å². The number of anilines is 1. The van der Waals surface area contributed by atoms with Gasteiger partial charge in [-0.25, -0.2) is 9.82 Å². The van der Waals surface area contributed by atoms with E-state index in [1.807, 2.05) is 4.90 Å². The SMILES string of the molecule is O=C(COc1ccccc1[N+](=O)[O-])N/N=C/c1ccc(N2CCOCC2)c(F)c1. The minimum absolute atomic E-state index is 0.0163. The van der Waals surface area contributed by atoms with E-state index < -0.39 is 17.4 Å². The van der Waals surface area contributed by atoms with Gasteiger partial charge >= 0.3 is 5.69 Å². The second kappa shape index (κ2) is 9.60. The quantitative estimate of drug-likeness (QED) is 0.432. The second-order valence-electron chi connectivity index (χ2n) is 6.12. The summed E-state index contributed by atoms with van der Waals surface area (Å²) in [6, 6.07) is 10.4. The number of carbonyl (C=O) groups excluding carboxylic acids is 1. The number of rotatable bonds is 7. The zero-order valence-corrected chi connectivity index (χ0v) is 15.4. The van der Waals surface area contributed by atoms with E-state index in [1.54, 1.807) is 18.2 Å². The van der Waals surface area contributed by atoms with Crippen molar-refractivity contribution in [3.05, 3.63) is 64.0 Å². The van der Waals surface area contributed by atoms with Gasteiger partial charge in [0.25, 0.3) is 5.91 Å². The number of hydrogen-bond acceptors (Lipinski definition) is 7. The molecular formula is C19H19FN4O5. The molecule has 0 unspecified atom stereocenters. The third kappa shape index (κ3) is 5.48. The summed E-state index contributed by atoms with van der Waals surface area (Å²) in [5, 5.41) is 14.7. The van der Waals surface area contributed by atoms with Crippen molar-refractivity contribution >= 4 is 23.5 Å². The molecule has 3 rings (SSSR count). The molecule has 1 amide bonds. The number of nitrogens with zero attached hydrogens (tertiary/aromatic N) is 3. The van der Waals surface area contributed by atoms with E-state index >= 15 is 0 Å². The Hall–Kier alpha value is -3.53. The van der Waals surface area contributed by atoms with Crippen molar-refractivity contribution in [2.75, 3.05) is 37.8 Å². The van der Waals surface area contributed by atoms with Gasteiger partial charge in [-0.15, -0.1) is 0 Å². The number of benzene rings is 2. The molecule has 0 saturated carbocycles. The molecule has 2 aromatic carbocycles. The van der Waals surface area contributed by atoms with Crippen LogP contribution in [0.5, 0.6) is 5.75 Å². The lowest BCUT2D eigenvalue weighted by atomic mass is 10.2. The highest BCUT2D eigenvalue weighted by atomic mass is 19.1. The van der Waals surface area contributed by atoms with Crippen molar-refractivity contribution in [3.8, 4) is 5.75 Å². The van der Waals surface area contributed by atoms with Gasteiger partial charge in [0.15, 0.2) is 12.4 Å². The van der Waals surface area contributed by atoms with Gasteiger partial charge in [-0.3, -0.25) is 14.9 Å². The smallest absolute Gasteiger partial charge is 0.310 e. The summed E-state index contributed by atoms with van der Waals surface area (Å²) in [6.07, 6.45) is 1.30. The van der Waals surface area contributed by atoms with Crippen LogP contribution in [0.4, 0.5) is 15.8 Å². The zero-order valence-electron chi connectivity index (χ0n) is 15.4. The lowest BCUT2D eigenvalue weighted by Crippen LogP contribution is -2.36. The van der Waals surface area contributed by atoms with Gasteiger partial charge in [-0.05, 0) is 23.8 Å². The fourth-order valence-electron chi connectivity index (χ4n) is 2.75. The van der Waals surface area contributed by atoms with Gasteiger partial charge in [0.2, 0.25) is 0 Å². The number of nitro groups is 1. The van der Waals surface area contributed by atoms with Crippen LogP contribution in [0.3, 0.4) is 0 Å². The first-order chi connectivity index (χ1) is 14.0. The standard InChI is InChI=1S/C19H19FN4O5/c20-15-11-14(5-6-16(15)23-7-9-28-10-8-23)12-21-22-19(25)13-29-18-4-2-1-3-17(18)24(26)27/h1-6,11-12H,7-10,13H2,(H,22,25)/b21-12+. The normalized spacial score (nSPS) is 14.0. The first-order valence-electron chi connectivity index (χ1n) is 8.85. The van der Waals surface area contributed by atoms with Crippen LogP contribution in [-0.4, -0.2) is 50.0 Å². The topological polar surface area (TPSA) is 106 Å². The molecule has 152 valence electrons. The summed E-state index contributed by atoms with van der Waals surface area (Å²) in [6.45, 7) is 1.91. The minimum atomic E-state index is -0.607. The van der Waals surface area contributed by atoms with E-state index in [-0.39, 0.29) is 17.3 Å². The molecule has 29 heavy (non-hydrogen) atoms. The summed E-state index contributed by atoms with van der Waals surface area (Å²) >= 11 is 0. The van der Waals surface area contributed by atoms with Crippen LogP contribution < -0.4 is 15.1 Å². The highest BCUT2D eigenvalue weighted by Crippen LogP contribution is 2.25. The van der Waals surface area contributed by atoms with Crippen LogP contribution in [0, 0.1) is 15.9 Å². The third-order valence-electron chi connectivity index (χ3n) is 4.15. The summed E-state index contributed by atoms with van der Waals surface area (Å²) in [4.78, 5) is 24.0. The third-order valence-corrected chi connectivity index (χ3v) is 4.15. The van der Waals surface area contributed by atoms with E-state index in [9.17, 15) is 19.3 Å². The molecule has 2 aromatic rings. The number of hydrogen-bond donors (Lipinski definition) is 1. The number of nitro benzene ring substituents is 1. The molecule has 1 aliphatic heterocycles. The number of morpholine rings is 1. The molecule has 1 heterocycles. The van der Waals surface area contributed by atoms with Crippen molar-refractivity contribution in [1.82, 2.24) is 5.43 Å². The highest BCUT2D eigenvalue weighted by molar-refractivity contribution is 5.83. The number of hydrazone groups is 1. The maximum atomic E-state index is 14.3. The Bertz CT molecular complexity index is 915. The molecule has 1 N–H and O–H groups in total. The predicted octanol–water partition coefficient (Wildman–Crippen LogP) is 2.10. The Morgan fingerprint density at radius 3 is 2.79 bits per heavy atom. The van der Waals surface area contributed by atoms with Crippen molar-refractivity contribution in [2.24, 2.45) is 5.10 Å². The van der Waals surface area contributed by atoms with Crippen molar-refractivity contribution in [1.29, 1.82) is 0 Å². The molecule has 0 aromatic heterocycles. The molecule has 0 radical (unpaired) electrons. The number of amides is 1. The van der Waals surface area contributed by atoms with Crippen LogP contribution in [0.1, 0.15) is 5.56 Å². The number of halogens is 1. The van der Waals surface area contributed by atoms with E-state index in [2.05, 4.69) is 10.5 Å². The molecule has 1 fully saturated rings. The van der Waals surface area contributed by atoms with Gasteiger partial charge in [-0.2, -0.15) is 5.10 Å². The van der Waals surface area contributed by atoms with Gasteiger partial charge in [0, 0.05) is 19.2 Å². The minimum Gasteiger partial charge on any atom is -0.477 e. The van der Waals surface area contributed by atoms with Gasteiger partial charge in [0.1, 0.15) is 5.82 Å². The molecule has 10 heteroatoms. The maximum Gasteiger partial charge on any atom is 0.310 e. The Balaban J connectivity index is 1.52. The van der Waals surface area contributed by atoms with E-state index in [4.69, 9.17) is 9.47 Å². The zero-order chi connectivity index (χ0) is 20.6. The number of para-hydroxylation sites is 2. The number of carbonyl (C=O) groups is 1. The first-order valence-corrected chi connectivity index (χ1v) is 8.85. The van der Waals surface area contributed by atoms with Crippen LogP contribution in [0.2, 0.25) is 0 Å². The molecular weight excluding hydrogens is 383 g/mol. The average molecular weight is 402 g/mol. The Morgan fingerprint density at radius 1 is 1.31 bits per heavy atom. The van der Waals surface area contributed by atoms with Crippen molar-refractivity contribution in [2.45, 2.75) is 0 Å². The van der Waals surface area contributed by atoms with E-state index in [0.717, 1.165) is 0 Å². The van der Waals surface area contributed by atoms with Crippen molar-refractivity contribution in [3.63, 3.8) is 0 Å². The van der Waals surface area contributed by atoms with Crippen molar-refractivity contribution < 1.29 is 23.6 Å². The fourth-order valence-corrected chi connectivity index (χ4v) is 2.75. The second-order valence-corrected chi connectivity index (χ2v) is 6.12. The van der Waals surface area contributed by atoms with Crippen LogP contribution in [0.25, 0.3) is 0 Å². The molecule has 0 aliphatic carbocycles. The predicted molar refractivity (Wildman–Crippen MR) is 104 cm³/mol. The number of nitrogens with one attached hydrogen (secondary N) is 1. The average Bonchev–Trinajstić information content (AvgIpc) is 2.73. The molecule has 0 atom stereocenters. The molecule has 9 nitrogen and oxygen atoms in total. The summed E-state index contributed by atoms with van der Waals surface area (Å²) in [7, 11) is 0. The molecule has 0 spiro atoms. The summed E-state index contributed by atoms with van der Waals surface area (Å²) < 4.78 is 24.7. The molecule has 1 aliphatic rings. The van der Waals surface area contributed by atoms with E-state index in [0.29, 0.717) is 37.6 Å². The highest BCUT2D eigenvalue weighted by Gasteiger charge is 2.16. The first kappa shape index (κ1) is 20.2. The molecule has 1 saturated heterocycles. The van der Waals surface area contributed by atoms with Gasteiger partial charge in [-0.1, -0.05) is 18.2 Å². The maximum absolute atomic E-state index is 14.3. The summed E-state index contributed by atoms with van der Waals surface area (Å²) in [5.41, 5.74) is 2.96. The van der Waals surface area contributed by atoms with E-state index in [1.165, 1.54) is 30.5 Å². The monoisotopic (exact) mass is 402 g/mol. The lowest BCUT2D eigenvalue weighted by molar-refractivity contribution is -0.385. The largest absolute Gasteiger partial charge is 0.477 e. The van der Waals surface area contributed by atoms with Gasteiger partial charge < -0.3 is 14.4 Å². The van der Waals surface area contributed by atoms with Crippen LogP contribution >= 0.6 is 0 Å². The molecule has 0 bridgehead atoms. The van der Waals surface area contributed by atoms with Gasteiger partial charge in [0.05, 0.1) is 30.0 Å². The Labute approximate surface area is 165 Å². The Kier molecular flexibility index (Phi) is 6.69. The number of ether oxygens (including phenoxy) is 2.